The molecule has 0 saturated carbocycles. The van der Waals surface area contributed by atoms with Gasteiger partial charge in [0.05, 0.1) is 13.2 Å². The lowest BCUT2D eigenvalue weighted by atomic mass is 10.1. The summed E-state index contributed by atoms with van der Waals surface area (Å²) in [5, 5.41) is 0. The minimum Gasteiger partial charge on any atom is -0.492 e. The van der Waals surface area contributed by atoms with Crippen molar-refractivity contribution in [3.05, 3.63) is 53.1 Å². The molecule has 8 nitrogen and oxygen atoms in total. The predicted octanol–water partition coefficient (Wildman–Crippen LogP) is 7.62. The van der Waals surface area contributed by atoms with Crippen molar-refractivity contribution in [2.75, 3.05) is 13.2 Å². The van der Waals surface area contributed by atoms with E-state index in [-0.39, 0.29) is 34.5 Å². The number of hydrogen-bond donors (Lipinski definition) is 0. The van der Waals surface area contributed by atoms with E-state index in [1.54, 1.807) is 26.0 Å². The quantitative estimate of drug-likeness (QED) is 0.0565. The van der Waals surface area contributed by atoms with Gasteiger partial charge < -0.3 is 15.0 Å². The second-order valence-electron chi connectivity index (χ2n) is 10.5. The molecule has 228 valence electrons. The molecule has 0 aliphatic heterocycles. The van der Waals surface area contributed by atoms with Gasteiger partial charge in [-0.15, -0.1) is 4.79 Å². The zero-order valence-electron chi connectivity index (χ0n) is 25.0. The maximum Gasteiger partial charge on any atom is 0.504 e. The van der Waals surface area contributed by atoms with E-state index in [9.17, 15) is 22.4 Å². The fraction of sp³-hybridized carbons (Fsp3) is 0.581. The van der Waals surface area contributed by atoms with Crippen molar-refractivity contribution in [1.29, 1.82) is 0 Å². The number of unbranched alkanes of at least 4 members (excludes halogenated alkanes) is 10. The van der Waals surface area contributed by atoms with Crippen molar-refractivity contribution >= 4 is 24.1 Å². The normalized spacial score (nSPS) is 11.7. The van der Waals surface area contributed by atoms with Crippen molar-refractivity contribution in [2.24, 2.45) is 0 Å². The van der Waals surface area contributed by atoms with Crippen LogP contribution in [0.3, 0.4) is 0 Å². The summed E-state index contributed by atoms with van der Waals surface area (Å²) in [6.45, 7) is 8.24. The molecule has 0 radical (unpaired) electrons. The Morgan fingerprint density at radius 3 is 1.37 bits per heavy atom. The standard InChI is InChI=1S/C31H46N2O6S2/c1-5-7-9-11-13-15-21-38-27-19-17-25(3)23-29(27)40(34,35)31(33-32)41(36,37)30-24-26(4)18-20-28(30)39-22-16-14-12-10-8-6-2/h17-20,23-24H,5-16,21-22H2,1-4H3. The molecule has 2 aromatic rings. The second kappa shape index (κ2) is 17.3. The Labute approximate surface area is 246 Å². The largest absolute Gasteiger partial charge is 0.504 e. The van der Waals surface area contributed by atoms with Crippen LogP contribution in [-0.2, 0) is 19.7 Å². The van der Waals surface area contributed by atoms with Gasteiger partial charge in [0, 0.05) is 0 Å². The van der Waals surface area contributed by atoms with Crippen molar-refractivity contribution in [1.82, 2.24) is 0 Å². The molecule has 0 atom stereocenters. The Bertz CT molecular complexity index is 1280. The van der Waals surface area contributed by atoms with Crippen molar-refractivity contribution in [3.63, 3.8) is 0 Å². The molecule has 0 heterocycles. The first-order valence-corrected chi connectivity index (χ1v) is 17.7. The Balaban J connectivity index is 2.31. The van der Waals surface area contributed by atoms with E-state index in [0.717, 1.165) is 64.2 Å². The summed E-state index contributed by atoms with van der Waals surface area (Å²) in [6, 6.07) is 9.05. The third-order valence-electron chi connectivity index (χ3n) is 6.83. The van der Waals surface area contributed by atoms with Crippen molar-refractivity contribution in [3.8, 4) is 11.5 Å². The summed E-state index contributed by atoms with van der Waals surface area (Å²) in [5.74, 6) is 0.0357. The Kier molecular flexibility index (Phi) is 14.6. The molecule has 2 aromatic carbocycles. The zero-order valence-corrected chi connectivity index (χ0v) is 26.7. The van der Waals surface area contributed by atoms with Crippen LogP contribution in [0.1, 0.15) is 102 Å². The molecule has 0 aliphatic carbocycles. The summed E-state index contributed by atoms with van der Waals surface area (Å²) in [7, 11) is -9.60. The lowest BCUT2D eigenvalue weighted by Crippen LogP contribution is -2.27. The lowest BCUT2D eigenvalue weighted by molar-refractivity contribution is 0.00377. The number of ether oxygens (including phenoxy) is 2. The van der Waals surface area contributed by atoms with E-state index >= 15 is 0 Å². The Morgan fingerprint density at radius 2 is 1.00 bits per heavy atom. The van der Waals surface area contributed by atoms with Crippen LogP contribution in [-0.4, -0.2) is 39.2 Å². The van der Waals surface area contributed by atoms with Gasteiger partial charge in [-0.2, -0.15) is 0 Å². The van der Waals surface area contributed by atoms with E-state index in [4.69, 9.17) is 9.47 Å². The van der Waals surface area contributed by atoms with Crippen LogP contribution in [0, 0.1) is 13.8 Å². The molecule has 0 aliphatic rings. The number of rotatable bonds is 18. The van der Waals surface area contributed by atoms with Gasteiger partial charge in [0.25, 0.3) is 19.7 Å². The molecule has 41 heavy (non-hydrogen) atoms. The molecule has 0 aromatic heterocycles. The summed E-state index contributed by atoms with van der Waals surface area (Å²) in [6.07, 6.45) is 12.4. The van der Waals surface area contributed by atoms with Crippen LogP contribution in [0.15, 0.2) is 46.2 Å². The predicted molar refractivity (Wildman–Crippen MR) is 163 cm³/mol. The molecule has 2 rings (SSSR count). The minimum absolute atomic E-state index is 0.0179. The number of aryl methyl sites for hydroxylation is 2. The first-order chi connectivity index (χ1) is 19.6. The molecule has 0 bridgehead atoms. The molecule has 0 fully saturated rings. The van der Waals surface area contributed by atoms with E-state index in [2.05, 4.69) is 18.6 Å². The fourth-order valence-electron chi connectivity index (χ4n) is 4.46. The van der Waals surface area contributed by atoms with E-state index < -0.39 is 24.1 Å². The highest BCUT2D eigenvalue weighted by molar-refractivity contribution is 8.31. The molecular formula is C31H46N2O6S2. The Hall–Kier alpha value is -2.68. The third-order valence-corrected chi connectivity index (χ3v) is 11.0. The monoisotopic (exact) mass is 606 g/mol. The number of benzene rings is 2. The maximum atomic E-state index is 13.8. The van der Waals surface area contributed by atoms with E-state index in [0.29, 0.717) is 11.1 Å². The molecule has 0 spiro atoms. The highest BCUT2D eigenvalue weighted by Gasteiger charge is 2.46. The highest BCUT2D eigenvalue weighted by Crippen LogP contribution is 2.33. The van der Waals surface area contributed by atoms with Gasteiger partial charge in [-0.1, -0.05) is 90.2 Å². The van der Waals surface area contributed by atoms with Gasteiger partial charge in [0.2, 0.25) is 0 Å². The summed E-state index contributed by atoms with van der Waals surface area (Å²) < 4.78 is 65.3. The van der Waals surface area contributed by atoms with Gasteiger partial charge >= 0.3 is 4.38 Å². The van der Waals surface area contributed by atoms with Gasteiger partial charge in [-0.3, -0.25) is 0 Å². The molecule has 0 N–H and O–H groups in total. The highest BCUT2D eigenvalue weighted by atomic mass is 32.3. The van der Waals surface area contributed by atoms with E-state index in [1.807, 2.05) is 0 Å². The van der Waals surface area contributed by atoms with Gasteiger partial charge in [-0.25, -0.2) is 16.8 Å². The first-order valence-electron chi connectivity index (χ1n) is 14.8. The van der Waals surface area contributed by atoms with Crippen molar-refractivity contribution in [2.45, 2.75) is 115 Å². The number of hydrogen-bond acceptors (Lipinski definition) is 6. The molecule has 10 heteroatoms. The summed E-state index contributed by atoms with van der Waals surface area (Å²) in [5.41, 5.74) is 11.0. The van der Waals surface area contributed by atoms with Crippen LogP contribution in [0.2, 0.25) is 0 Å². The zero-order chi connectivity index (χ0) is 30.3. The van der Waals surface area contributed by atoms with Gasteiger partial charge in [0.1, 0.15) is 21.3 Å². The summed E-state index contributed by atoms with van der Waals surface area (Å²) >= 11 is 0. The van der Waals surface area contributed by atoms with E-state index in [1.165, 1.54) is 37.1 Å². The molecular weight excluding hydrogens is 560 g/mol. The number of sulfone groups is 2. The minimum atomic E-state index is -4.80. The van der Waals surface area contributed by atoms with Crippen LogP contribution in [0.4, 0.5) is 0 Å². The maximum absolute atomic E-state index is 13.8. The second-order valence-corrected chi connectivity index (χ2v) is 14.4. The smallest absolute Gasteiger partial charge is 0.492 e. The summed E-state index contributed by atoms with van der Waals surface area (Å²) in [4.78, 5) is 2.11. The molecule has 0 unspecified atom stereocenters. The van der Waals surface area contributed by atoms with Crippen LogP contribution in [0.25, 0.3) is 5.53 Å². The van der Waals surface area contributed by atoms with Crippen molar-refractivity contribution < 1.29 is 31.1 Å². The molecule has 0 amide bonds. The van der Waals surface area contributed by atoms with Gasteiger partial charge in [0.15, 0.2) is 0 Å². The van der Waals surface area contributed by atoms with Crippen LogP contribution >= 0.6 is 0 Å². The Morgan fingerprint density at radius 1 is 0.634 bits per heavy atom. The van der Waals surface area contributed by atoms with Gasteiger partial charge in [-0.05, 0) is 62.1 Å². The molecule has 0 saturated heterocycles. The topological polar surface area (TPSA) is 123 Å². The number of nitrogens with zero attached hydrogens (tertiary/aromatic N) is 2. The lowest BCUT2D eigenvalue weighted by Gasteiger charge is -2.13. The fourth-order valence-corrected chi connectivity index (χ4v) is 8.21. The third kappa shape index (κ3) is 10.3. The van der Waals surface area contributed by atoms with Crippen LogP contribution in [0.5, 0.6) is 11.5 Å². The van der Waals surface area contributed by atoms with Crippen LogP contribution < -0.4 is 9.47 Å². The average Bonchev–Trinajstić information content (AvgIpc) is 2.93. The first kappa shape index (κ1) is 34.5. The SMILES string of the molecule is CCCCCCCCOc1ccc(C)cc1S(=O)(=O)C(=[N+]=[N-])S(=O)(=O)c1cc(C)ccc1OCCCCCCCC. The average molecular weight is 607 g/mol.